The zero-order valence-electron chi connectivity index (χ0n) is 8.58. The third kappa shape index (κ3) is 2.93. The van der Waals surface area contributed by atoms with E-state index in [0.29, 0.717) is 6.54 Å². The van der Waals surface area contributed by atoms with Crippen LogP contribution in [-0.2, 0) is 0 Å². The molecule has 0 aromatic heterocycles. The van der Waals surface area contributed by atoms with E-state index >= 15 is 0 Å². The Bertz CT molecular complexity index is 137. The van der Waals surface area contributed by atoms with Crippen LogP contribution in [-0.4, -0.2) is 42.3 Å². The summed E-state index contributed by atoms with van der Waals surface area (Å²) in [5.41, 5.74) is 5.58. The second kappa shape index (κ2) is 5.58. The largest absolute Gasteiger partial charge is 0.395 e. The van der Waals surface area contributed by atoms with Crippen molar-refractivity contribution in [1.82, 2.24) is 4.90 Å². The summed E-state index contributed by atoms with van der Waals surface area (Å²) in [6.45, 7) is 5.27. The fraction of sp³-hybridized carbons (Fsp3) is 1.00. The maximum atomic E-state index is 9.08. The van der Waals surface area contributed by atoms with E-state index < -0.39 is 0 Å². The third-order valence-corrected chi connectivity index (χ3v) is 3.01. The van der Waals surface area contributed by atoms with Crippen LogP contribution in [0.5, 0.6) is 0 Å². The first kappa shape index (κ1) is 11.0. The Morgan fingerprint density at radius 1 is 1.62 bits per heavy atom. The molecule has 0 aromatic rings. The standard InChI is InChI=1S/C10H22N2O/c1-2-3-9-4-5-12(7-9)10(6-11)8-13/h9-10,13H,2-8,11H2,1H3. The number of nitrogens with two attached hydrogens (primary N) is 1. The molecule has 0 aromatic carbocycles. The molecule has 1 saturated heterocycles. The number of hydrogen-bond acceptors (Lipinski definition) is 3. The van der Waals surface area contributed by atoms with E-state index in [0.717, 1.165) is 19.0 Å². The highest BCUT2D eigenvalue weighted by Gasteiger charge is 2.26. The molecule has 3 heteroatoms. The van der Waals surface area contributed by atoms with E-state index in [1.165, 1.54) is 19.3 Å². The zero-order chi connectivity index (χ0) is 9.68. The molecule has 2 unspecified atom stereocenters. The number of rotatable bonds is 5. The summed E-state index contributed by atoms with van der Waals surface area (Å²) in [6, 6.07) is 0.196. The quantitative estimate of drug-likeness (QED) is 0.654. The van der Waals surface area contributed by atoms with Crippen molar-refractivity contribution in [2.45, 2.75) is 32.2 Å². The van der Waals surface area contributed by atoms with Gasteiger partial charge < -0.3 is 10.8 Å². The molecule has 78 valence electrons. The average molecular weight is 186 g/mol. The maximum absolute atomic E-state index is 9.08. The number of likely N-dealkylation sites (tertiary alicyclic amines) is 1. The normalized spacial score (nSPS) is 26.5. The van der Waals surface area contributed by atoms with Crippen LogP contribution in [0.4, 0.5) is 0 Å². The van der Waals surface area contributed by atoms with Gasteiger partial charge in [0.2, 0.25) is 0 Å². The molecule has 0 aliphatic carbocycles. The highest BCUT2D eigenvalue weighted by Crippen LogP contribution is 2.22. The lowest BCUT2D eigenvalue weighted by Crippen LogP contribution is -2.41. The Labute approximate surface area is 80.9 Å². The number of nitrogens with zero attached hydrogens (tertiary/aromatic N) is 1. The van der Waals surface area contributed by atoms with Crippen LogP contribution >= 0.6 is 0 Å². The van der Waals surface area contributed by atoms with Crippen molar-refractivity contribution in [3.05, 3.63) is 0 Å². The molecular weight excluding hydrogens is 164 g/mol. The van der Waals surface area contributed by atoms with Gasteiger partial charge in [0.1, 0.15) is 0 Å². The minimum Gasteiger partial charge on any atom is -0.395 e. The molecule has 1 fully saturated rings. The Morgan fingerprint density at radius 2 is 2.38 bits per heavy atom. The predicted octanol–water partition coefficient (Wildman–Crippen LogP) is 0.428. The second-order valence-electron chi connectivity index (χ2n) is 4.01. The third-order valence-electron chi connectivity index (χ3n) is 3.01. The molecule has 0 spiro atoms. The highest BCUT2D eigenvalue weighted by molar-refractivity contribution is 4.81. The van der Waals surface area contributed by atoms with E-state index in [-0.39, 0.29) is 12.6 Å². The first-order chi connectivity index (χ1) is 6.31. The molecule has 1 aliphatic rings. The van der Waals surface area contributed by atoms with Crippen molar-refractivity contribution in [3.8, 4) is 0 Å². The van der Waals surface area contributed by atoms with Crippen molar-refractivity contribution in [2.24, 2.45) is 11.7 Å². The Morgan fingerprint density at radius 3 is 2.92 bits per heavy atom. The highest BCUT2D eigenvalue weighted by atomic mass is 16.3. The minimum atomic E-state index is 0.196. The topological polar surface area (TPSA) is 49.5 Å². The molecule has 3 N–H and O–H groups in total. The van der Waals surface area contributed by atoms with Gasteiger partial charge in [-0.15, -0.1) is 0 Å². The van der Waals surface area contributed by atoms with Crippen molar-refractivity contribution in [3.63, 3.8) is 0 Å². The molecular formula is C10H22N2O. The van der Waals surface area contributed by atoms with Crippen LogP contribution in [0.1, 0.15) is 26.2 Å². The molecule has 0 amide bonds. The monoisotopic (exact) mass is 186 g/mol. The van der Waals surface area contributed by atoms with E-state index in [4.69, 9.17) is 10.8 Å². The van der Waals surface area contributed by atoms with Crippen LogP contribution in [0.3, 0.4) is 0 Å². The van der Waals surface area contributed by atoms with Crippen molar-refractivity contribution in [2.75, 3.05) is 26.2 Å². The van der Waals surface area contributed by atoms with Gasteiger partial charge in [0.15, 0.2) is 0 Å². The first-order valence-corrected chi connectivity index (χ1v) is 5.36. The summed E-state index contributed by atoms with van der Waals surface area (Å²) in [5.74, 6) is 0.839. The van der Waals surface area contributed by atoms with Crippen LogP contribution in [0.25, 0.3) is 0 Å². The fourth-order valence-corrected chi connectivity index (χ4v) is 2.18. The summed E-state index contributed by atoms with van der Waals surface area (Å²) in [7, 11) is 0. The van der Waals surface area contributed by atoms with Gasteiger partial charge in [-0.2, -0.15) is 0 Å². The van der Waals surface area contributed by atoms with Crippen molar-refractivity contribution >= 4 is 0 Å². The van der Waals surface area contributed by atoms with Gasteiger partial charge in [-0.3, -0.25) is 4.90 Å². The van der Waals surface area contributed by atoms with Gasteiger partial charge in [-0.1, -0.05) is 13.3 Å². The lowest BCUT2D eigenvalue weighted by Gasteiger charge is -2.24. The molecule has 1 rings (SSSR count). The molecule has 0 radical (unpaired) electrons. The molecule has 2 atom stereocenters. The number of aliphatic hydroxyl groups excluding tert-OH is 1. The Balaban J connectivity index is 2.30. The van der Waals surface area contributed by atoms with E-state index in [9.17, 15) is 0 Å². The SMILES string of the molecule is CCCC1CCN(C(CN)CO)C1. The van der Waals surface area contributed by atoms with Crippen LogP contribution in [0, 0.1) is 5.92 Å². The van der Waals surface area contributed by atoms with Crippen LogP contribution in [0.2, 0.25) is 0 Å². The summed E-state index contributed by atoms with van der Waals surface area (Å²) in [4.78, 5) is 2.33. The molecule has 1 heterocycles. The van der Waals surface area contributed by atoms with E-state index in [1.807, 2.05) is 0 Å². The van der Waals surface area contributed by atoms with Gasteiger partial charge in [0.05, 0.1) is 6.61 Å². The molecule has 1 aliphatic heterocycles. The fourth-order valence-electron chi connectivity index (χ4n) is 2.18. The Hall–Kier alpha value is -0.120. The second-order valence-corrected chi connectivity index (χ2v) is 4.01. The van der Waals surface area contributed by atoms with Crippen molar-refractivity contribution < 1.29 is 5.11 Å². The summed E-state index contributed by atoms with van der Waals surface area (Å²) < 4.78 is 0. The van der Waals surface area contributed by atoms with Gasteiger partial charge in [0, 0.05) is 19.1 Å². The summed E-state index contributed by atoms with van der Waals surface area (Å²) in [6.07, 6.45) is 3.87. The summed E-state index contributed by atoms with van der Waals surface area (Å²) in [5, 5.41) is 9.08. The molecule has 13 heavy (non-hydrogen) atoms. The van der Waals surface area contributed by atoms with E-state index in [2.05, 4.69) is 11.8 Å². The van der Waals surface area contributed by atoms with Crippen LogP contribution < -0.4 is 5.73 Å². The molecule has 0 bridgehead atoms. The van der Waals surface area contributed by atoms with E-state index in [1.54, 1.807) is 0 Å². The smallest absolute Gasteiger partial charge is 0.0599 e. The average Bonchev–Trinajstić information content (AvgIpc) is 2.56. The lowest BCUT2D eigenvalue weighted by molar-refractivity contribution is 0.146. The summed E-state index contributed by atoms with van der Waals surface area (Å²) >= 11 is 0. The van der Waals surface area contributed by atoms with Gasteiger partial charge in [-0.25, -0.2) is 0 Å². The number of hydrogen-bond donors (Lipinski definition) is 2. The van der Waals surface area contributed by atoms with Crippen LogP contribution in [0.15, 0.2) is 0 Å². The zero-order valence-corrected chi connectivity index (χ0v) is 8.58. The number of aliphatic hydroxyl groups is 1. The molecule has 3 nitrogen and oxygen atoms in total. The minimum absolute atomic E-state index is 0.196. The predicted molar refractivity (Wildman–Crippen MR) is 54.5 cm³/mol. The lowest BCUT2D eigenvalue weighted by atomic mass is 10.0. The van der Waals surface area contributed by atoms with Crippen molar-refractivity contribution in [1.29, 1.82) is 0 Å². The van der Waals surface area contributed by atoms with Gasteiger partial charge >= 0.3 is 0 Å². The molecule has 0 saturated carbocycles. The first-order valence-electron chi connectivity index (χ1n) is 5.36. The van der Waals surface area contributed by atoms with Gasteiger partial charge in [-0.05, 0) is 25.3 Å². The Kier molecular flexibility index (Phi) is 4.70. The van der Waals surface area contributed by atoms with Gasteiger partial charge in [0.25, 0.3) is 0 Å². The maximum Gasteiger partial charge on any atom is 0.0599 e.